The molecule has 6 nitrogen and oxygen atoms in total. The van der Waals surface area contributed by atoms with Crippen molar-refractivity contribution < 1.29 is 28.5 Å². The maximum Gasteiger partial charge on any atom is 0.330 e. The molecule has 0 spiro atoms. The monoisotopic (exact) mass is 432 g/mol. The highest BCUT2D eigenvalue weighted by Gasteiger charge is 2.26. The van der Waals surface area contributed by atoms with E-state index in [2.05, 4.69) is 6.58 Å². The van der Waals surface area contributed by atoms with Crippen molar-refractivity contribution in [1.82, 2.24) is 0 Å². The number of benzene rings is 1. The van der Waals surface area contributed by atoms with Crippen molar-refractivity contribution in [2.24, 2.45) is 0 Å². The summed E-state index contributed by atoms with van der Waals surface area (Å²) in [5, 5.41) is 0. The minimum atomic E-state index is -0.759. The molecule has 0 aromatic heterocycles. The van der Waals surface area contributed by atoms with E-state index in [-0.39, 0.29) is 18.6 Å². The first-order valence-electron chi connectivity index (χ1n) is 10.7. The Kier molecular flexibility index (Phi) is 12.5. The van der Waals surface area contributed by atoms with Gasteiger partial charge in [0.1, 0.15) is 12.7 Å². The molecule has 2 atom stereocenters. The highest BCUT2D eigenvalue weighted by atomic mass is 16.6. The van der Waals surface area contributed by atoms with Crippen LogP contribution < -0.4 is 0 Å². The van der Waals surface area contributed by atoms with Crippen molar-refractivity contribution in [3.8, 4) is 0 Å². The third-order valence-corrected chi connectivity index (χ3v) is 4.61. The topological polar surface area (TPSA) is 71.1 Å². The maximum atomic E-state index is 12.3. The average molecular weight is 433 g/mol. The normalized spacial score (nSPS) is 13.5. The van der Waals surface area contributed by atoms with E-state index in [0.717, 1.165) is 18.4 Å². The second-order valence-corrected chi connectivity index (χ2v) is 7.84. The molecule has 1 aromatic carbocycles. The SMILES string of the molecule is C=CCCC(C)(C)OCCOC(=O)C[C@@H](OC(=O)/C=C/C)[C@@H](C)OCc1ccccc1. The number of allylic oxidation sites excluding steroid dienone is 2. The van der Waals surface area contributed by atoms with E-state index in [1.54, 1.807) is 19.9 Å². The number of hydrogen-bond donors (Lipinski definition) is 0. The van der Waals surface area contributed by atoms with Crippen molar-refractivity contribution in [3.63, 3.8) is 0 Å². The number of esters is 2. The van der Waals surface area contributed by atoms with Crippen LogP contribution in [0.2, 0.25) is 0 Å². The molecule has 0 bridgehead atoms. The molecule has 0 saturated carbocycles. The van der Waals surface area contributed by atoms with Crippen LogP contribution in [0.3, 0.4) is 0 Å². The summed E-state index contributed by atoms with van der Waals surface area (Å²) >= 11 is 0. The van der Waals surface area contributed by atoms with Gasteiger partial charge in [-0.1, -0.05) is 42.5 Å². The highest BCUT2D eigenvalue weighted by molar-refractivity contribution is 5.82. The molecule has 0 unspecified atom stereocenters. The summed E-state index contributed by atoms with van der Waals surface area (Å²) in [7, 11) is 0. The van der Waals surface area contributed by atoms with Crippen molar-refractivity contribution in [2.75, 3.05) is 13.2 Å². The number of carbonyl (C=O) groups is 2. The minimum Gasteiger partial charge on any atom is -0.463 e. The van der Waals surface area contributed by atoms with Crippen LogP contribution in [0.4, 0.5) is 0 Å². The summed E-state index contributed by atoms with van der Waals surface area (Å²) < 4.78 is 22.3. The second-order valence-electron chi connectivity index (χ2n) is 7.84. The van der Waals surface area contributed by atoms with Gasteiger partial charge < -0.3 is 18.9 Å². The van der Waals surface area contributed by atoms with Gasteiger partial charge in [0.05, 0.1) is 31.3 Å². The lowest BCUT2D eigenvalue weighted by Gasteiger charge is -2.25. The number of rotatable bonds is 15. The zero-order valence-corrected chi connectivity index (χ0v) is 19.2. The van der Waals surface area contributed by atoms with Gasteiger partial charge in [-0.25, -0.2) is 4.79 Å². The van der Waals surface area contributed by atoms with Crippen molar-refractivity contribution in [2.45, 2.75) is 71.4 Å². The van der Waals surface area contributed by atoms with Crippen LogP contribution in [0.25, 0.3) is 0 Å². The summed E-state index contributed by atoms with van der Waals surface area (Å²) in [6, 6.07) is 9.65. The van der Waals surface area contributed by atoms with Gasteiger partial charge in [0.15, 0.2) is 0 Å². The summed E-state index contributed by atoms with van der Waals surface area (Å²) in [4.78, 5) is 24.2. The third kappa shape index (κ3) is 12.1. The van der Waals surface area contributed by atoms with Crippen molar-refractivity contribution >= 4 is 11.9 Å². The smallest absolute Gasteiger partial charge is 0.330 e. The lowest BCUT2D eigenvalue weighted by Crippen LogP contribution is -2.34. The molecule has 1 rings (SSSR count). The fourth-order valence-electron chi connectivity index (χ4n) is 2.76. The molecule has 0 amide bonds. The van der Waals surface area contributed by atoms with Crippen LogP contribution >= 0.6 is 0 Å². The standard InChI is InChI=1S/C25H36O6/c1-6-8-15-25(4,5)30-17-16-28-24(27)18-22(31-23(26)12-7-2)20(3)29-19-21-13-10-9-11-14-21/h6-7,9-14,20,22H,1,8,15-19H2,2-5H3/b12-7+/t20-,22-/m1/s1. The Morgan fingerprint density at radius 2 is 1.87 bits per heavy atom. The summed E-state index contributed by atoms with van der Waals surface area (Å²) in [6.07, 6.45) is 5.08. The zero-order valence-electron chi connectivity index (χ0n) is 19.2. The van der Waals surface area contributed by atoms with Crippen LogP contribution in [0, 0.1) is 0 Å². The minimum absolute atomic E-state index is 0.0981. The second kappa shape index (κ2) is 14.5. The first kappa shape index (κ1) is 26.6. The Balaban J connectivity index is 2.54. The number of hydrogen-bond acceptors (Lipinski definition) is 6. The fraction of sp³-hybridized carbons (Fsp3) is 0.520. The van der Waals surface area contributed by atoms with Gasteiger partial charge in [-0.3, -0.25) is 4.79 Å². The molecule has 0 radical (unpaired) electrons. The van der Waals surface area contributed by atoms with Gasteiger partial charge in [-0.15, -0.1) is 6.58 Å². The van der Waals surface area contributed by atoms with E-state index in [0.29, 0.717) is 13.2 Å². The maximum absolute atomic E-state index is 12.3. The molecule has 1 aromatic rings. The lowest BCUT2D eigenvalue weighted by molar-refractivity contribution is -0.161. The summed E-state index contributed by atoms with van der Waals surface area (Å²) in [6.45, 7) is 11.9. The lowest BCUT2D eigenvalue weighted by atomic mass is 10.0. The molecule has 0 heterocycles. The predicted octanol–water partition coefficient (Wildman–Crippen LogP) is 4.77. The highest BCUT2D eigenvalue weighted by Crippen LogP contribution is 2.17. The Labute approximate surface area is 186 Å². The third-order valence-electron chi connectivity index (χ3n) is 4.61. The molecule has 31 heavy (non-hydrogen) atoms. The van der Waals surface area contributed by atoms with Crippen molar-refractivity contribution in [1.29, 1.82) is 0 Å². The molecule has 0 saturated heterocycles. The molecule has 0 N–H and O–H groups in total. The number of carbonyl (C=O) groups excluding carboxylic acids is 2. The fourth-order valence-corrected chi connectivity index (χ4v) is 2.76. The molecule has 0 aliphatic heterocycles. The van der Waals surface area contributed by atoms with Gasteiger partial charge >= 0.3 is 11.9 Å². The molecule has 6 heteroatoms. The Hall–Kier alpha value is -2.44. The first-order chi connectivity index (χ1) is 14.8. The van der Waals surface area contributed by atoms with Crippen molar-refractivity contribution in [3.05, 3.63) is 60.7 Å². The van der Waals surface area contributed by atoms with Crippen LogP contribution in [0.1, 0.15) is 52.5 Å². The Morgan fingerprint density at radius 3 is 2.52 bits per heavy atom. The largest absolute Gasteiger partial charge is 0.463 e. The Bertz CT molecular complexity index is 695. The molecule has 0 fully saturated rings. The predicted molar refractivity (Wildman–Crippen MR) is 120 cm³/mol. The molecular formula is C25H36O6. The summed E-state index contributed by atoms with van der Waals surface area (Å²) in [5.74, 6) is -0.997. The van der Waals surface area contributed by atoms with E-state index in [1.807, 2.05) is 50.3 Å². The van der Waals surface area contributed by atoms with E-state index < -0.39 is 24.1 Å². The summed E-state index contributed by atoms with van der Waals surface area (Å²) in [5.41, 5.74) is 0.678. The molecule has 0 aliphatic rings. The quantitative estimate of drug-likeness (QED) is 0.172. The van der Waals surface area contributed by atoms with Gasteiger partial charge in [-0.05, 0) is 46.1 Å². The van der Waals surface area contributed by atoms with E-state index in [1.165, 1.54) is 6.08 Å². The van der Waals surface area contributed by atoms with Crippen LogP contribution in [0.5, 0.6) is 0 Å². The van der Waals surface area contributed by atoms with Crippen LogP contribution in [-0.4, -0.2) is 43.0 Å². The first-order valence-corrected chi connectivity index (χ1v) is 10.7. The molecule has 0 aliphatic carbocycles. The zero-order chi connectivity index (χ0) is 23.1. The van der Waals surface area contributed by atoms with Gasteiger partial charge in [-0.2, -0.15) is 0 Å². The van der Waals surface area contributed by atoms with E-state index >= 15 is 0 Å². The Morgan fingerprint density at radius 1 is 1.16 bits per heavy atom. The molecule has 172 valence electrons. The van der Waals surface area contributed by atoms with E-state index in [4.69, 9.17) is 18.9 Å². The molecular weight excluding hydrogens is 396 g/mol. The van der Waals surface area contributed by atoms with Crippen LogP contribution in [-0.2, 0) is 35.1 Å². The van der Waals surface area contributed by atoms with E-state index in [9.17, 15) is 9.59 Å². The number of ether oxygens (including phenoxy) is 4. The average Bonchev–Trinajstić information content (AvgIpc) is 2.74. The van der Waals surface area contributed by atoms with Gasteiger partial charge in [0.25, 0.3) is 0 Å². The van der Waals surface area contributed by atoms with Gasteiger partial charge in [0.2, 0.25) is 0 Å². The van der Waals surface area contributed by atoms with Crippen LogP contribution in [0.15, 0.2) is 55.1 Å². The van der Waals surface area contributed by atoms with Gasteiger partial charge in [0, 0.05) is 6.08 Å².